The lowest BCUT2D eigenvalue weighted by Crippen LogP contribution is -2.50. The predicted molar refractivity (Wildman–Crippen MR) is 89.4 cm³/mol. The standard InChI is InChI=1S/C16H30N2O2S/c1-6-21-13-9-7-8-10-18(11-13)14(19)12(2)17-15(20)16(3,4)5/h12-13H,6-11H2,1-5H3,(H,17,20)/t12-,13+/m0/s1. The molecule has 0 unspecified atom stereocenters. The molecule has 21 heavy (non-hydrogen) atoms. The Morgan fingerprint density at radius 1 is 1.33 bits per heavy atom. The van der Waals surface area contributed by atoms with E-state index in [0.717, 1.165) is 25.3 Å². The van der Waals surface area contributed by atoms with Crippen LogP contribution in [0.5, 0.6) is 0 Å². The maximum Gasteiger partial charge on any atom is 0.244 e. The molecule has 0 aromatic carbocycles. The van der Waals surface area contributed by atoms with Crippen LogP contribution in [0, 0.1) is 5.41 Å². The lowest BCUT2D eigenvalue weighted by molar-refractivity contribution is -0.138. The fourth-order valence-electron chi connectivity index (χ4n) is 2.42. The summed E-state index contributed by atoms with van der Waals surface area (Å²) >= 11 is 1.94. The molecule has 0 aromatic heterocycles. The predicted octanol–water partition coefficient (Wildman–Crippen LogP) is 2.67. The molecule has 1 fully saturated rings. The Morgan fingerprint density at radius 2 is 2.00 bits per heavy atom. The number of hydrogen-bond acceptors (Lipinski definition) is 3. The van der Waals surface area contributed by atoms with Gasteiger partial charge in [0.1, 0.15) is 6.04 Å². The summed E-state index contributed by atoms with van der Waals surface area (Å²) in [4.78, 5) is 26.5. The number of nitrogens with one attached hydrogen (secondary N) is 1. The molecule has 2 atom stereocenters. The Balaban J connectivity index is 2.61. The average molecular weight is 314 g/mol. The van der Waals surface area contributed by atoms with Crippen molar-refractivity contribution in [2.24, 2.45) is 5.41 Å². The van der Waals surface area contributed by atoms with E-state index in [4.69, 9.17) is 0 Å². The molecule has 1 saturated heterocycles. The molecule has 1 N–H and O–H groups in total. The van der Waals surface area contributed by atoms with Crippen LogP contribution in [-0.2, 0) is 9.59 Å². The highest BCUT2D eigenvalue weighted by molar-refractivity contribution is 7.99. The van der Waals surface area contributed by atoms with E-state index in [1.54, 1.807) is 6.92 Å². The van der Waals surface area contributed by atoms with Crippen molar-refractivity contribution in [2.45, 2.75) is 65.2 Å². The normalized spacial score (nSPS) is 21.6. The van der Waals surface area contributed by atoms with Gasteiger partial charge in [-0.25, -0.2) is 0 Å². The monoisotopic (exact) mass is 314 g/mol. The molecule has 1 aliphatic heterocycles. The first-order valence-corrected chi connectivity index (χ1v) is 9.02. The van der Waals surface area contributed by atoms with Gasteiger partial charge in [-0.2, -0.15) is 11.8 Å². The van der Waals surface area contributed by atoms with Gasteiger partial charge in [-0.1, -0.05) is 34.1 Å². The summed E-state index contributed by atoms with van der Waals surface area (Å²) < 4.78 is 0. The van der Waals surface area contributed by atoms with Crippen molar-refractivity contribution in [2.75, 3.05) is 18.8 Å². The maximum atomic E-state index is 12.6. The SMILES string of the molecule is CCS[C@@H]1CCCCN(C(=O)[C@H](C)NC(=O)C(C)(C)C)C1. The van der Waals surface area contributed by atoms with E-state index in [2.05, 4.69) is 12.2 Å². The lowest BCUT2D eigenvalue weighted by Gasteiger charge is -2.28. The highest BCUT2D eigenvalue weighted by atomic mass is 32.2. The van der Waals surface area contributed by atoms with Crippen LogP contribution < -0.4 is 5.32 Å². The third-order valence-corrected chi connectivity index (χ3v) is 4.93. The zero-order valence-corrected chi connectivity index (χ0v) is 14.9. The number of amides is 2. The highest BCUT2D eigenvalue weighted by Gasteiger charge is 2.29. The molecule has 0 spiro atoms. The van der Waals surface area contributed by atoms with E-state index >= 15 is 0 Å². The van der Waals surface area contributed by atoms with E-state index in [1.165, 1.54) is 12.8 Å². The Labute approximate surface area is 133 Å². The number of likely N-dealkylation sites (tertiary alicyclic amines) is 1. The van der Waals surface area contributed by atoms with Gasteiger partial charge in [0.05, 0.1) is 0 Å². The van der Waals surface area contributed by atoms with Gasteiger partial charge in [0, 0.05) is 23.8 Å². The number of thioether (sulfide) groups is 1. The summed E-state index contributed by atoms with van der Waals surface area (Å²) in [5.41, 5.74) is -0.464. The van der Waals surface area contributed by atoms with Crippen molar-refractivity contribution in [3.05, 3.63) is 0 Å². The van der Waals surface area contributed by atoms with Crippen LogP contribution in [0.3, 0.4) is 0 Å². The molecular weight excluding hydrogens is 284 g/mol. The maximum absolute atomic E-state index is 12.6. The Kier molecular flexibility index (Phi) is 7.04. The van der Waals surface area contributed by atoms with Gasteiger partial charge in [0.25, 0.3) is 0 Å². The van der Waals surface area contributed by atoms with Gasteiger partial charge >= 0.3 is 0 Å². The minimum atomic E-state index is -0.464. The summed E-state index contributed by atoms with van der Waals surface area (Å²) in [6, 6.07) is -0.442. The molecule has 0 aliphatic carbocycles. The largest absolute Gasteiger partial charge is 0.344 e. The fraction of sp³-hybridized carbons (Fsp3) is 0.875. The van der Waals surface area contributed by atoms with E-state index < -0.39 is 11.5 Å². The number of carbonyl (C=O) groups is 2. The molecule has 4 nitrogen and oxygen atoms in total. The van der Waals surface area contributed by atoms with Crippen LogP contribution in [0.1, 0.15) is 53.9 Å². The van der Waals surface area contributed by atoms with Crippen molar-refractivity contribution < 1.29 is 9.59 Å². The van der Waals surface area contributed by atoms with Gasteiger partial charge < -0.3 is 10.2 Å². The van der Waals surface area contributed by atoms with Crippen molar-refractivity contribution in [1.82, 2.24) is 10.2 Å². The Morgan fingerprint density at radius 3 is 2.57 bits per heavy atom. The quantitative estimate of drug-likeness (QED) is 0.868. The first kappa shape index (κ1) is 18.3. The topological polar surface area (TPSA) is 49.4 Å². The third-order valence-electron chi connectivity index (χ3n) is 3.74. The second-order valence-corrected chi connectivity index (χ2v) is 8.38. The highest BCUT2D eigenvalue weighted by Crippen LogP contribution is 2.22. The second kappa shape index (κ2) is 8.06. The summed E-state index contributed by atoms with van der Waals surface area (Å²) in [5, 5.41) is 3.38. The number of nitrogens with zero attached hydrogens (tertiary/aromatic N) is 1. The number of hydrogen-bond donors (Lipinski definition) is 1. The Bertz CT molecular complexity index is 366. The van der Waals surface area contributed by atoms with Gasteiger partial charge in [0.15, 0.2) is 0 Å². The van der Waals surface area contributed by atoms with Crippen LogP contribution in [-0.4, -0.2) is 46.8 Å². The minimum Gasteiger partial charge on any atom is -0.344 e. The molecule has 5 heteroatoms. The molecule has 0 saturated carbocycles. The zero-order valence-electron chi connectivity index (χ0n) is 14.1. The van der Waals surface area contributed by atoms with E-state index in [1.807, 2.05) is 37.4 Å². The van der Waals surface area contributed by atoms with Gasteiger partial charge in [-0.15, -0.1) is 0 Å². The first-order valence-electron chi connectivity index (χ1n) is 7.97. The fourth-order valence-corrected chi connectivity index (χ4v) is 3.51. The second-order valence-electron chi connectivity index (χ2n) is 6.80. The van der Waals surface area contributed by atoms with Gasteiger partial charge in [-0.3, -0.25) is 9.59 Å². The molecule has 0 aromatic rings. The first-order chi connectivity index (χ1) is 9.75. The molecule has 0 bridgehead atoms. The van der Waals surface area contributed by atoms with Crippen molar-refractivity contribution in [3.8, 4) is 0 Å². The molecule has 0 radical (unpaired) electrons. The lowest BCUT2D eigenvalue weighted by atomic mass is 9.95. The Hall–Kier alpha value is -0.710. The van der Waals surface area contributed by atoms with Crippen LogP contribution in [0.25, 0.3) is 0 Å². The third kappa shape index (κ3) is 5.89. The zero-order chi connectivity index (χ0) is 16.0. The van der Waals surface area contributed by atoms with E-state index in [-0.39, 0.29) is 11.8 Å². The van der Waals surface area contributed by atoms with Crippen LogP contribution in [0.4, 0.5) is 0 Å². The van der Waals surface area contributed by atoms with E-state index in [9.17, 15) is 9.59 Å². The van der Waals surface area contributed by atoms with Gasteiger partial charge in [0.2, 0.25) is 11.8 Å². The van der Waals surface area contributed by atoms with Gasteiger partial charge in [-0.05, 0) is 25.5 Å². The average Bonchev–Trinajstić information content (AvgIpc) is 2.62. The van der Waals surface area contributed by atoms with Crippen LogP contribution >= 0.6 is 11.8 Å². The van der Waals surface area contributed by atoms with E-state index in [0.29, 0.717) is 5.25 Å². The molecular formula is C16H30N2O2S. The minimum absolute atomic E-state index is 0.0520. The molecule has 122 valence electrons. The summed E-state index contributed by atoms with van der Waals surface area (Å²) in [6.45, 7) is 11.2. The van der Waals surface area contributed by atoms with Crippen molar-refractivity contribution in [1.29, 1.82) is 0 Å². The number of rotatable bonds is 4. The summed E-state index contributed by atoms with van der Waals surface area (Å²) in [7, 11) is 0. The summed E-state index contributed by atoms with van der Waals surface area (Å²) in [6.07, 6.45) is 3.43. The summed E-state index contributed by atoms with van der Waals surface area (Å²) in [5.74, 6) is 1.07. The van der Waals surface area contributed by atoms with Crippen molar-refractivity contribution in [3.63, 3.8) is 0 Å². The van der Waals surface area contributed by atoms with Crippen LogP contribution in [0.15, 0.2) is 0 Å². The van der Waals surface area contributed by atoms with Crippen molar-refractivity contribution >= 4 is 23.6 Å². The smallest absolute Gasteiger partial charge is 0.244 e. The molecule has 1 aliphatic rings. The number of carbonyl (C=O) groups excluding carboxylic acids is 2. The van der Waals surface area contributed by atoms with Crippen LogP contribution in [0.2, 0.25) is 0 Å². The molecule has 1 heterocycles. The molecule has 2 amide bonds. The molecule has 1 rings (SSSR count).